The SMILES string of the molecule is CCC1CCCC(CN)(N(C)Cc2ccc(C)cc2)CC1. The predicted octanol–water partition coefficient (Wildman–Crippen LogP) is 4.11. The lowest BCUT2D eigenvalue weighted by atomic mass is 9.87. The van der Waals surface area contributed by atoms with Crippen molar-refractivity contribution < 1.29 is 0 Å². The van der Waals surface area contributed by atoms with Crippen molar-refractivity contribution in [3.63, 3.8) is 0 Å². The van der Waals surface area contributed by atoms with E-state index in [1.807, 2.05) is 0 Å². The Kier molecular flexibility index (Phi) is 5.83. The molecule has 2 rings (SSSR count). The monoisotopic (exact) mass is 288 g/mol. The number of nitrogens with zero attached hydrogens (tertiary/aromatic N) is 1. The van der Waals surface area contributed by atoms with E-state index < -0.39 is 0 Å². The molecule has 1 aromatic rings. The molecule has 0 radical (unpaired) electrons. The fourth-order valence-electron chi connectivity index (χ4n) is 3.75. The quantitative estimate of drug-likeness (QED) is 0.826. The summed E-state index contributed by atoms with van der Waals surface area (Å²) in [4.78, 5) is 2.52. The van der Waals surface area contributed by atoms with Crippen LogP contribution in [0.3, 0.4) is 0 Å². The van der Waals surface area contributed by atoms with Crippen molar-refractivity contribution in [2.24, 2.45) is 11.7 Å². The number of benzene rings is 1. The second-order valence-corrected chi connectivity index (χ2v) is 6.98. The van der Waals surface area contributed by atoms with Crippen molar-refractivity contribution in [1.29, 1.82) is 0 Å². The maximum absolute atomic E-state index is 6.23. The van der Waals surface area contributed by atoms with Crippen LogP contribution in [0.15, 0.2) is 24.3 Å². The van der Waals surface area contributed by atoms with E-state index in [0.717, 1.165) is 19.0 Å². The van der Waals surface area contributed by atoms with Crippen LogP contribution in [0.1, 0.15) is 56.6 Å². The molecule has 1 fully saturated rings. The third kappa shape index (κ3) is 4.08. The number of aryl methyl sites for hydroxylation is 1. The van der Waals surface area contributed by atoms with Gasteiger partial charge in [-0.25, -0.2) is 0 Å². The molecule has 0 bridgehead atoms. The molecule has 21 heavy (non-hydrogen) atoms. The first-order chi connectivity index (χ1) is 10.1. The molecule has 0 heterocycles. The fourth-order valence-corrected chi connectivity index (χ4v) is 3.75. The Morgan fingerprint density at radius 1 is 1.19 bits per heavy atom. The van der Waals surface area contributed by atoms with Crippen LogP contribution in [-0.2, 0) is 6.54 Å². The summed E-state index contributed by atoms with van der Waals surface area (Å²) < 4.78 is 0. The molecule has 1 aliphatic rings. The largest absolute Gasteiger partial charge is 0.329 e. The minimum atomic E-state index is 0.203. The Bertz CT molecular complexity index is 426. The topological polar surface area (TPSA) is 29.3 Å². The highest BCUT2D eigenvalue weighted by Gasteiger charge is 2.35. The molecule has 0 aromatic heterocycles. The highest BCUT2D eigenvalue weighted by molar-refractivity contribution is 5.21. The second-order valence-electron chi connectivity index (χ2n) is 6.98. The Balaban J connectivity index is 2.06. The first-order valence-electron chi connectivity index (χ1n) is 8.56. The van der Waals surface area contributed by atoms with Crippen LogP contribution in [0, 0.1) is 12.8 Å². The Labute approximate surface area is 130 Å². The summed E-state index contributed by atoms with van der Waals surface area (Å²) in [5.41, 5.74) is 9.16. The van der Waals surface area contributed by atoms with Gasteiger partial charge in [0.15, 0.2) is 0 Å². The number of hydrogen-bond donors (Lipinski definition) is 1. The molecule has 2 unspecified atom stereocenters. The fraction of sp³-hybridized carbons (Fsp3) is 0.684. The van der Waals surface area contributed by atoms with Gasteiger partial charge in [-0.05, 0) is 44.7 Å². The lowest BCUT2D eigenvalue weighted by Gasteiger charge is -2.41. The summed E-state index contributed by atoms with van der Waals surface area (Å²) >= 11 is 0. The van der Waals surface area contributed by atoms with Crippen LogP contribution in [0.2, 0.25) is 0 Å². The zero-order valence-electron chi connectivity index (χ0n) is 14.1. The van der Waals surface area contributed by atoms with Gasteiger partial charge in [0.1, 0.15) is 0 Å². The van der Waals surface area contributed by atoms with Gasteiger partial charge in [0.25, 0.3) is 0 Å². The maximum Gasteiger partial charge on any atom is 0.0332 e. The summed E-state index contributed by atoms with van der Waals surface area (Å²) in [7, 11) is 2.26. The van der Waals surface area contributed by atoms with Crippen molar-refractivity contribution >= 4 is 0 Å². The van der Waals surface area contributed by atoms with Gasteiger partial charge < -0.3 is 5.73 Å². The summed E-state index contributed by atoms with van der Waals surface area (Å²) in [5.74, 6) is 0.909. The number of likely N-dealkylation sites (N-methyl/N-ethyl adjacent to an activating group) is 1. The molecule has 1 saturated carbocycles. The molecule has 0 aliphatic heterocycles. The molecule has 2 nitrogen and oxygen atoms in total. The summed E-state index contributed by atoms with van der Waals surface area (Å²) in [5, 5.41) is 0. The van der Waals surface area contributed by atoms with E-state index in [0.29, 0.717) is 0 Å². The maximum atomic E-state index is 6.23. The normalized spacial score (nSPS) is 26.8. The molecule has 1 aliphatic carbocycles. The lowest BCUT2D eigenvalue weighted by molar-refractivity contribution is 0.0983. The molecule has 0 amide bonds. The van der Waals surface area contributed by atoms with E-state index in [-0.39, 0.29) is 5.54 Å². The lowest BCUT2D eigenvalue weighted by Crippen LogP contribution is -2.51. The first kappa shape index (κ1) is 16.5. The minimum absolute atomic E-state index is 0.203. The molecule has 0 spiro atoms. The number of hydrogen-bond acceptors (Lipinski definition) is 2. The molecular weight excluding hydrogens is 256 g/mol. The van der Waals surface area contributed by atoms with E-state index in [1.54, 1.807) is 0 Å². The van der Waals surface area contributed by atoms with Crippen molar-refractivity contribution in [2.75, 3.05) is 13.6 Å². The molecule has 2 N–H and O–H groups in total. The summed E-state index contributed by atoms with van der Waals surface area (Å²) in [6, 6.07) is 8.92. The van der Waals surface area contributed by atoms with E-state index in [1.165, 1.54) is 49.7 Å². The molecule has 2 heteroatoms. The van der Waals surface area contributed by atoms with Gasteiger partial charge in [-0.3, -0.25) is 4.90 Å². The van der Waals surface area contributed by atoms with Gasteiger partial charge in [-0.15, -0.1) is 0 Å². The van der Waals surface area contributed by atoms with E-state index >= 15 is 0 Å². The standard InChI is InChI=1S/C19H32N2/c1-4-17-6-5-12-19(15-20,13-11-17)21(3)14-18-9-7-16(2)8-10-18/h7-10,17H,4-6,11-15,20H2,1-3H3. The Morgan fingerprint density at radius 2 is 1.90 bits per heavy atom. The van der Waals surface area contributed by atoms with Crippen LogP contribution in [0.5, 0.6) is 0 Å². The van der Waals surface area contributed by atoms with Crippen LogP contribution in [-0.4, -0.2) is 24.0 Å². The van der Waals surface area contributed by atoms with Gasteiger partial charge in [-0.2, -0.15) is 0 Å². The van der Waals surface area contributed by atoms with Crippen LogP contribution >= 0.6 is 0 Å². The summed E-state index contributed by atoms with van der Waals surface area (Å²) in [6.45, 7) is 6.27. The second kappa shape index (κ2) is 7.42. The third-order valence-corrected chi connectivity index (χ3v) is 5.58. The first-order valence-corrected chi connectivity index (χ1v) is 8.56. The third-order valence-electron chi connectivity index (χ3n) is 5.58. The predicted molar refractivity (Wildman–Crippen MR) is 91.3 cm³/mol. The molecule has 2 atom stereocenters. The molecule has 1 aromatic carbocycles. The zero-order valence-corrected chi connectivity index (χ0v) is 14.1. The van der Waals surface area contributed by atoms with Crippen LogP contribution < -0.4 is 5.73 Å². The van der Waals surface area contributed by atoms with Gasteiger partial charge in [0.2, 0.25) is 0 Å². The number of rotatable bonds is 5. The molecular formula is C19H32N2. The van der Waals surface area contributed by atoms with E-state index in [4.69, 9.17) is 5.73 Å². The van der Waals surface area contributed by atoms with Gasteiger partial charge in [0, 0.05) is 18.6 Å². The number of nitrogens with two attached hydrogens (primary N) is 1. The zero-order chi connectivity index (χ0) is 15.3. The van der Waals surface area contributed by atoms with Crippen LogP contribution in [0.4, 0.5) is 0 Å². The van der Waals surface area contributed by atoms with E-state index in [9.17, 15) is 0 Å². The Hall–Kier alpha value is -0.860. The smallest absolute Gasteiger partial charge is 0.0332 e. The summed E-state index contributed by atoms with van der Waals surface area (Å²) in [6.07, 6.45) is 7.88. The highest BCUT2D eigenvalue weighted by Crippen LogP contribution is 2.35. The van der Waals surface area contributed by atoms with Crippen molar-refractivity contribution in [1.82, 2.24) is 4.90 Å². The molecule has 0 saturated heterocycles. The average Bonchev–Trinajstić information content (AvgIpc) is 2.72. The van der Waals surface area contributed by atoms with Gasteiger partial charge in [-0.1, -0.05) is 56.0 Å². The van der Waals surface area contributed by atoms with Crippen molar-refractivity contribution in [3.8, 4) is 0 Å². The Morgan fingerprint density at radius 3 is 2.52 bits per heavy atom. The highest BCUT2D eigenvalue weighted by atomic mass is 15.2. The minimum Gasteiger partial charge on any atom is -0.329 e. The molecule has 118 valence electrons. The average molecular weight is 288 g/mol. The van der Waals surface area contributed by atoms with Crippen molar-refractivity contribution in [3.05, 3.63) is 35.4 Å². The van der Waals surface area contributed by atoms with Gasteiger partial charge in [0.05, 0.1) is 0 Å². The van der Waals surface area contributed by atoms with Crippen LogP contribution in [0.25, 0.3) is 0 Å². The van der Waals surface area contributed by atoms with Crippen molar-refractivity contribution in [2.45, 2.75) is 64.5 Å². The van der Waals surface area contributed by atoms with Gasteiger partial charge >= 0.3 is 0 Å². The van der Waals surface area contributed by atoms with E-state index in [2.05, 4.69) is 50.1 Å².